The van der Waals surface area contributed by atoms with Crippen molar-refractivity contribution in [3.8, 4) is 5.75 Å². The summed E-state index contributed by atoms with van der Waals surface area (Å²) in [5.74, 6) is -1.46. The highest BCUT2D eigenvalue weighted by atomic mass is 16.6. The zero-order chi connectivity index (χ0) is 25.6. The first-order chi connectivity index (χ1) is 17.3. The predicted molar refractivity (Wildman–Crippen MR) is 134 cm³/mol. The number of hydrogen-bond donors (Lipinski definition) is 0. The van der Waals surface area contributed by atoms with E-state index in [1.54, 1.807) is 0 Å². The summed E-state index contributed by atoms with van der Waals surface area (Å²) in [5, 5.41) is 52.9. The first kappa shape index (κ1) is 22.4. The van der Waals surface area contributed by atoms with Crippen LogP contribution in [0.4, 0.5) is 17.1 Å². The number of rotatable bonds is 3. The maximum atomic E-state index is 11.1. The van der Waals surface area contributed by atoms with Crippen LogP contribution in [0.3, 0.4) is 0 Å². The summed E-state index contributed by atoms with van der Waals surface area (Å²) in [7, 11) is 0. The Bertz CT molecular complexity index is 1800. The number of hydrogen-bond acceptors (Lipinski definition) is 7. The van der Waals surface area contributed by atoms with E-state index >= 15 is 0 Å². The van der Waals surface area contributed by atoms with E-state index in [1.807, 2.05) is 0 Å². The number of fused-ring (bicyclic) bond motifs is 2. The number of nitro benzene ring substituents is 3. The molecule has 0 bridgehead atoms. The smallest absolute Gasteiger partial charge is 0.283 e. The Labute approximate surface area is 201 Å². The Morgan fingerprint density at radius 3 is 1.67 bits per heavy atom. The van der Waals surface area contributed by atoms with Crippen LogP contribution in [-0.2, 0) is 0 Å². The summed E-state index contributed by atoms with van der Waals surface area (Å²) in [5.41, 5.74) is -3.26. The molecule has 0 aliphatic rings. The molecule has 0 aliphatic heterocycles. The van der Waals surface area contributed by atoms with E-state index in [1.165, 1.54) is 43.1 Å². The molecule has 0 aliphatic carbocycles. The lowest BCUT2D eigenvalue weighted by molar-refractivity contribution is -0.420. The van der Waals surface area contributed by atoms with Gasteiger partial charge in [-0.05, 0) is 49.2 Å². The van der Waals surface area contributed by atoms with Gasteiger partial charge in [0.15, 0.2) is 0 Å². The summed E-state index contributed by atoms with van der Waals surface area (Å²) in [6, 6.07) is 27.3. The molecule has 0 saturated carbocycles. The lowest BCUT2D eigenvalue weighted by Gasteiger charge is -2.12. The van der Waals surface area contributed by atoms with Gasteiger partial charge >= 0.3 is 0 Å². The highest BCUT2D eigenvalue weighted by molar-refractivity contribution is 6.28. The summed E-state index contributed by atoms with van der Waals surface area (Å²) >= 11 is 0. The Balaban J connectivity index is 0.000000153. The third-order valence-electron chi connectivity index (χ3n) is 6.01. The monoisotopic (exact) mass is 480 g/mol. The maximum absolute atomic E-state index is 11.1. The molecule has 0 saturated heterocycles. The molecule has 10 heteroatoms. The fraction of sp³-hybridized carbons (Fsp3) is 0. The van der Waals surface area contributed by atoms with Gasteiger partial charge in [0.05, 0.1) is 32.7 Å². The minimum Gasteiger partial charge on any atom is -0.863 e. The van der Waals surface area contributed by atoms with Crippen molar-refractivity contribution in [3.63, 3.8) is 0 Å². The van der Waals surface area contributed by atoms with E-state index in [4.69, 9.17) is 0 Å². The van der Waals surface area contributed by atoms with Crippen LogP contribution in [-0.4, -0.2) is 14.8 Å². The molecule has 0 radical (unpaired) electrons. The zero-order valence-electron chi connectivity index (χ0n) is 18.3. The quantitative estimate of drug-likeness (QED) is 0.126. The number of nitrogens with zero attached hydrogens (tertiary/aromatic N) is 3. The number of benzene rings is 6. The molecule has 0 aromatic heterocycles. The van der Waals surface area contributed by atoms with Crippen LogP contribution in [0.1, 0.15) is 0 Å². The molecule has 0 amide bonds. The number of nitro groups is 3. The van der Waals surface area contributed by atoms with Crippen molar-refractivity contribution in [2.24, 2.45) is 0 Å². The fourth-order valence-corrected chi connectivity index (χ4v) is 4.45. The predicted octanol–water partition coefficient (Wildman–Crippen LogP) is 6.22. The van der Waals surface area contributed by atoms with Gasteiger partial charge in [0, 0.05) is 0 Å². The van der Waals surface area contributed by atoms with Gasteiger partial charge in [0.1, 0.15) is 0 Å². The minimum atomic E-state index is -1.46. The van der Waals surface area contributed by atoms with Gasteiger partial charge in [0.25, 0.3) is 17.1 Å². The van der Waals surface area contributed by atoms with Crippen LogP contribution in [0.25, 0.3) is 43.1 Å². The zero-order valence-corrected chi connectivity index (χ0v) is 18.3. The standard InChI is InChI=1S/C20H12.C6H3N3O7/c1-2-7-17-15(4-1)12-16-9-8-13-5-3-6-14-10-11-18(17)20(16)19(13)14;10-6-4(8(13)14)1-3(7(11)12)2-5(6)9(15)16/h1-12H;1-2,10H/p-1. The maximum Gasteiger partial charge on any atom is 0.283 e. The average Bonchev–Trinajstić information content (AvgIpc) is 2.87. The molecule has 6 rings (SSSR count). The van der Waals surface area contributed by atoms with Crippen molar-refractivity contribution in [2.45, 2.75) is 0 Å². The average molecular weight is 480 g/mol. The molecular formula is C26H14N3O7-. The van der Waals surface area contributed by atoms with E-state index in [2.05, 4.69) is 72.8 Å². The lowest BCUT2D eigenvalue weighted by Crippen LogP contribution is -2.04. The second kappa shape index (κ2) is 8.44. The number of non-ortho nitro benzene ring substituents is 1. The van der Waals surface area contributed by atoms with Gasteiger partial charge < -0.3 is 5.11 Å². The third-order valence-corrected chi connectivity index (χ3v) is 6.01. The van der Waals surface area contributed by atoms with Crippen LogP contribution in [0, 0.1) is 30.3 Å². The first-order valence-corrected chi connectivity index (χ1v) is 10.6. The molecule has 36 heavy (non-hydrogen) atoms. The Morgan fingerprint density at radius 2 is 1.06 bits per heavy atom. The lowest BCUT2D eigenvalue weighted by atomic mass is 9.91. The molecule has 0 fully saturated rings. The van der Waals surface area contributed by atoms with Gasteiger partial charge in [-0.3, -0.25) is 30.3 Å². The van der Waals surface area contributed by atoms with Crippen molar-refractivity contribution in [1.29, 1.82) is 0 Å². The van der Waals surface area contributed by atoms with Crippen molar-refractivity contribution in [1.82, 2.24) is 0 Å². The largest absolute Gasteiger partial charge is 0.863 e. The molecule has 0 spiro atoms. The van der Waals surface area contributed by atoms with E-state index in [0.717, 1.165) is 0 Å². The van der Waals surface area contributed by atoms with Crippen LogP contribution in [0.2, 0.25) is 0 Å². The van der Waals surface area contributed by atoms with Crippen LogP contribution >= 0.6 is 0 Å². The minimum absolute atomic E-state index is 0.384. The fourth-order valence-electron chi connectivity index (χ4n) is 4.45. The summed E-state index contributed by atoms with van der Waals surface area (Å²) < 4.78 is 0. The van der Waals surface area contributed by atoms with E-state index in [9.17, 15) is 35.4 Å². The normalized spacial score (nSPS) is 11.0. The van der Waals surface area contributed by atoms with E-state index in [-0.39, 0.29) is 0 Å². The summed E-state index contributed by atoms with van der Waals surface area (Å²) in [6.07, 6.45) is 0. The molecule has 176 valence electrons. The molecule has 6 aromatic rings. The Hall–Kier alpha value is -5.38. The van der Waals surface area contributed by atoms with Gasteiger partial charge in [-0.2, -0.15) is 0 Å². The third kappa shape index (κ3) is 3.62. The van der Waals surface area contributed by atoms with Crippen molar-refractivity contribution in [3.05, 3.63) is 115 Å². The second-order valence-electron chi connectivity index (χ2n) is 8.04. The Morgan fingerprint density at radius 1 is 0.500 bits per heavy atom. The molecule has 6 aromatic carbocycles. The van der Waals surface area contributed by atoms with Gasteiger partial charge in [0.2, 0.25) is 0 Å². The van der Waals surface area contributed by atoms with Gasteiger partial charge in [-0.25, -0.2) is 0 Å². The topological polar surface area (TPSA) is 152 Å². The van der Waals surface area contributed by atoms with Crippen LogP contribution < -0.4 is 5.11 Å². The molecular weight excluding hydrogens is 466 g/mol. The Kier molecular flexibility index (Phi) is 5.25. The van der Waals surface area contributed by atoms with E-state index < -0.39 is 37.6 Å². The van der Waals surface area contributed by atoms with E-state index in [0.29, 0.717) is 12.1 Å². The molecule has 0 N–H and O–H groups in total. The van der Waals surface area contributed by atoms with Crippen molar-refractivity contribution >= 4 is 60.2 Å². The summed E-state index contributed by atoms with van der Waals surface area (Å²) in [4.78, 5) is 27.5. The molecule has 0 unspecified atom stereocenters. The molecule has 0 heterocycles. The van der Waals surface area contributed by atoms with Gasteiger partial charge in [-0.1, -0.05) is 66.7 Å². The first-order valence-electron chi connectivity index (χ1n) is 10.6. The molecule has 0 atom stereocenters. The van der Waals surface area contributed by atoms with Gasteiger partial charge in [-0.15, -0.1) is 0 Å². The van der Waals surface area contributed by atoms with Crippen LogP contribution in [0.15, 0.2) is 84.9 Å². The summed E-state index contributed by atoms with van der Waals surface area (Å²) in [6.45, 7) is 0. The van der Waals surface area contributed by atoms with Crippen LogP contribution in [0.5, 0.6) is 5.75 Å². The van der Waals surface area contributed by atoms with Crippen molar-refractivity contribution < 1.29 is 19.9 Å². The molecule has 10 nitrogen and oxygen atoms in total. The highest BCUT2D eigenvalue weighted by Crippen LogP contribution is 2.38. The second-order valence-corrected chi connectivity index (χ2v) is 8.04. The SMILES string of the molecule is O=[N+]([O-])c1cc([N+](=O)[O-])c([O-])c([N+](=O)[O-])c1.c1ccc2c(c1)cc1ccc3cccc4ccc2c1c34. The van der Waals surface area contributed by atoms with Crippen molar-refractivity contribution in [2.75, 3.05) is 0 Å². The highest BCUT2D eigenvalue weighted by Gasteiger charge is 2.24.